The van der Waals surface area contributed by atoms with E-state index in [9.17, 15) is 13.6 Å². The largest absolute Gasteiger partial charge is 0.481 e. The molecule has 0 radical (unpaired) electrons. The van der Waals surface area contributed by atoms with Gasteiger partial charge in [0.1, 0.15) is 17.2 Å². The van der Waals surface area contributed by atoms with Gasteiger partial charge < -0.3 is 10.1 Å². The second kappa shape index (κ2) is 7.52. The van der Waals surface area contributed by atoms with Crippen LogP contribution >= 0.6 is 15.9 Å². The van der Waals surface area contributed by atoms with Crippen molar-refractivity contribution in [2.24, 2.45) is 0 Å². The summed E-state index contributed by atoms with van der Waals surface area (Å²) in [7, 11) is 1.48. The molecule has 0 saturated heterocycles. The maximum atomic E-state index is 13.6. The zero-order valence-corrected chi connectivity index (χ0v) is 14.9. The number of carbonyl (C=O) groups is 1. The Morgan fingerprint density at radius 3 is 2.46 bits per heavy atom. The summed E-state index contributed by atoms with van der Waals surface area (Å²) < 4.78 is 33.2. The van der Waals surface area contributed by atoms with Gasteiger partial charge in [0, 0.05) is 10.7 Å². The number of hydrogen-bond donors (Lipinski definition) is 1. The van der Waals surface area contributed by atoms with E-state index in [0.717, 1.165) is 16.6 Å². The monoisotopic (exact) mass is 420 g/mol. The minimum absolute atomic E-state index is 0.0447. The first-order chi connectivity index (χ1) is 12.5. The molecule has 26 heavy (non-hydrogen) atoms. The second-order valence-electron chi connectivity index (χ2n) is 5.05. The van der Waals surface area contributed by atoms with E-state index in [1.165, 1.54) is 25.6 Å². The fourth-order valence-corrected chi connectivity index (χ4v) is 2.53. The molecule has 0 fully saturated rings. The molecule has 0 aliphatic heterocycles. The van der Waals surface area contributed by atoms with Gasteiger partial charge in [-0.25, -0.2) is 18.7 Å². The van der Waals surface area contributed by atoms with Gasteiger partial charge in [0.25, 0.3) is 5.91 Å². The van der Waals surface area contributed by atoms with Crippen LogP contribution in [0.1, 0.15) is 10.4 Å². The molecule has 0 bridgehead atoms. The van der Waals surface area contributed by atoms with Crippen LogP contribution in [0.3, 0.4) is 0 Å². The maximum absolute atomic E-state index is 13.6. The SMILES string of the molecule is COc1ncc(Br)cc1-c1cnc(NC(=O)c2c(F)cccc2F)cn1. The molecule has 9 heteroatoms. The summed E-state index contributed by atoms with van der Waals surface area (Å²) in [5.41, 5.74) is 0.356. The minimum Gasteiger partial charge on any atom is -0.481 e. The second-order valence-corrected chi connectivity index (χ2v) is 5.96. The summed E-state index contributed by atoms with van der Waals surface area (Å²) in [6, 6.07) is 4.93. The Bertz CT molecular complexity index is 947. The molecule has 6 nitrogen and oxygen atoms in total. The number of nitrogens with one attached hydrogen (secondary N) is 1. The Morgan fingerprint density at radius 2 is 1.85 bits per heavy atom. The van der Waals surface area contributed by atoms with E-state index in [-0.39, 0.29) is 5.82 Å². The van der Waals surface area contributed by atoms with Crippen LogP contribution in [-0.4, -0.2) is 28.0 Å². The van der Waals surface area contributed by atoms with E-state index in [1.54, 1.807) is 12.3 Å². The average Bonchev–Trinajstić information content (AvgIpc) is 2.62. The molecule has 0 aliphatic rings. The third kappa shape index (κ3) is 3.67. The quantitative estimate of drug-likeness (QED) is 0.693. The van der Waals surface area contributed by atoms with Crippen LogP contribution in [0.4, 0.5) is 14.6 Å². The molecule has 2 heterocycles. The molecule has 3 aromatic rings. The molecule has 0 saturated carbocycles. The first-order valence-corrected chi connectivity index (χ1v) is 8.06. The molecule has 0 unspecified atom stereocenters. The summed E-state index contributed by atoms with van der Waals surface area (Å²) in [4.78, 5) is 24.4. The molecular formula is C17H11BrF2N4O2. The van der Waals surface area contributed by atoms with Crippen LogP contribution in [0.5, 0.6) is 5.88 Å². The molecular weight excluding hydrogens is 410 g/mol. The maximum Gasteiger partial charge on any atom is 0.262 e. The molecule has 0 spiro atoms. The lowest BCUT2D eigenvalue weighted by Gasteiger charge is -2.09. The van der Waals surface area contributed by atoms with Crippen LogP contribution in [0.15, 0.2) is 47.3 Å². The fraction of sp³-hybridized carbons (Fsp3) is 0.0588. The third-order valence-electron chi connectivity index (χ3n) is 3.37. The number of ether oxygens (including phenoxy) is 1. The lowest BCUT2D eigenvalue weighted by molar-refractivity contribution is 0.101. The van der Waals surface area contributed by atoms with Crippen molar-refractivity contribution in [2.75, 3.05) is 12.4 Å². The predicted octanol–water partition coefficient (Wildman–Crippen LogP) is 3.84. The van der Waals surface area contributed by atoms with Gasteiger partial charge in [-0.2, -0.15) is 0 Å². The number of aromatic nitrogens is 3. The van der Waals surface area contributed by atoms with E-state index in [4.69, 9.17) is 4.74 Å². The highest BCUT2D eigenvalue weighted by Crippen LogP contribution is 2.29. The predicted molar refractivity (Wildman–Crippen MR) is 93.8 cm³/mol. The highest BCUT2D eigenvalue weighted by atomic mass is 79.9. The van der Waals surface area contributed by atoms with Crippen LogP contribution in [-0.2, 0) is 0 Å². The third-order valence-corrected chi connectivity index (χ3v) is 3.80. The van der Waals surface area contributed by atoms with Gasteiger partial charge in [-0.05, 0) is 34.1 Å². The van der Waals surface area contributed by atoms with Crippen LogP contribution in [0.2, 0.25) is 0 Å². The minimum atomic E-state index is -0.961. The zero-order valence-electron chi connectivity index (χ0n) is 13.3. The topological polar surface area (TPSA) is 77.0 Å². The van der Waals surface area contributed by atoms with E-state index >= 15 is 0 Å². The van der Waals surface area contributed by atoms with Crippen molar-refractivity contribution in [3.05, 3.63) is 64.5 Å². The van der Waals surface area contributed by atoms with E-state index < -0.39 is 23.1 Å². The molecule has 3 rings (SSSR count). The molecule has 1 aromatic carbocycles. The number of nitrogens with zero attached hydrogens (tertiary/aromatic N) is 3. The summed E-state index contributed by atoms with van der Waals surface area (Å²) in [5.74, 6) is -2.48. The van der Waals surface area contributed by atoms with E-state index in [0.29, 0.717) is 17.1 Å². The smallest absolute Gasteiger partial charge is 0.262 e. The zero-order chi connectivity index (χ0) is 18.7. The first kappa shape index (κ1) is 17.9. The Kier molecular flexibility index (Phi) is 5.17. The molecule has 132 valence electrons. The van der Waals surface area contributed by atoms with Gasteiger partial charge in [-0.1, -0.05) is 6.07 Å². The van der Waals surface area contributed by atoms with Crippen LogP contribution < -0.4 is 10.1 Å². The van der Waals surface area contributed by atoms with Crippen molar-refractivity contribution in [3.8, 4) is 17.1 Å². The van der Waals surface area contributed by atoms with Crippen molar-refractivity contribution in [1.82, 2.24) is 15.0 Å². The Balaban J connectivity index is 1.85. The number of anilines is 1. The van der Waals surface area contributed by atoms with Gasteiger partial charge in [0.05, 0.1) is 30.8 Å². The average molecular weight is 421 g/mol. The Morgan fingerprint density at radius 1 is 1.12 bits per heavy atom. The molecule has 2 aromatic heterocycles. The molecule has 1 N–H and O–H groups in total. The summed E-state index contributed by atoms with van der Waals surface area (Å²) in [6.07, 6.45) is 4.24. The molecule has 0 aliphatic carbocycles. The van der Waals surface area contributed by atoms with Crippen LogP contribution in [0, 0.1) is 11.6 Å². The number of pyridine rings is 1. The van der Waals surface area contributed by atoms with Gasteiger partial charge in [0.15, 0.2) is 5.82 Å². The summed E-state index contributed by atoms with van der Waals surface area (Å²) >= 11 is 3.32. The lowest BCUT2D eigenvalue weighted by Crippen LogP contribution is -2.16. The summed E-state index contributed by atoms with van der Waals surface area (Å²) in [5, 5.41) is 2.31. The number of carbonyl (C=O) groups excluding carboxylic acids is 1. The van der Waals surface area contributed by atoms with Gasteiger partial charge in [-0.15, -0.1) is 0 Å². The number of halogens is 3. The van der Waals surface area contributed by atoms with Gasteiger partial charge in [-0.3, -0.25) is 9.78 Å². The van der Waals surface area contributed by atoms with Gasteiger partial charge >= 0.3 is 0 Å². The number of amides is 1. The van der Waals surface area contributed by atoms with Crippen LogP contribution in [0.25, 0.3) is 11.3 Å². The van der Waals surface area contributed by atoms with E-state index in [1.807, 2.05) is 0 Å². The number of rotatable bonds is 4. The number of hydrogen-bond acceptors (Lipinski definition) is 5. The van der Waals surface area contributed by atoms with Gasteiger partial charge in [0.2, 0.25) is 5.88 Å². The number of benzene rings is 1. The highest BCUT2D eigenvalue weighted by Gasteiger charge is 2.18. The highest BCUT2D eigenvalue weighted by molar-refractivity contribution is 9.10. The summed E-state index contributed by atoms with van der Waals surface area (Å²) in [6.45, 7) is 0. The lowest BCUT2D eigenvalue weighted by atomic mass is 10.2. The van der Waals surface area contributed by atoms with Crippen molar-refractivity contribution in [1.29, 1.82) is 0 Å². The standard InChI is InChI=1S/C17H11BrF2N4O2/c1-26-17-10(5-9(18)6-23-17)13-7-22-14(8-21-13)24-16(25)15-11(19)3-2-4-12(15)20/h2-8H,1H3,(H,22,24,25). The van der Waals surface area contributed by atoms with Crippen molar-refractivity contribution in [3.63, 3.8) is 0 Å². The van der Waals surface area contributed by atoms with Crippen molar-refractivity contribution < 1.29 is 18.3 Å². The fourth-order valence-electron chi connectivity index (χ4n) is 2.20. The molecule has 1 amide bonds. The number of methoxy groups -OCH3 is 1. The Hall–Kier alpha value is -2.94. The first-order valence-electron chi connectivity index (χ1n) is 7.27. The van der Waals surface area contributed by atoms with Crippen molar-refractivity contribution in [2.45, 2.75) is 0 Å². The Labute approximate surface area is 155 Å². The normalized spacial score (nSPS) is 10.5. The molecule has 0 atom stereocenters. The van der Waals surface area contributed by atoms with E-state index in [2.05, 4.69) is 36.2 Å². The van der Waals surface area contributed by atoms with Crippen molar-refractivity contribution >= 4 is 27.7 Å².